The van der Waals surface area contributed by atoms with Crippen molar-refractivity contribution in [3.05, 3.63) is 89.5 Å². The predicted molar refractivity (Wildman–Crippen MR) is 131 cm³/mol. The molecule has 0 aromatic heterocycles. The largest absolute Gasteiger partial charge is 0.351 e. The summed E-state index contributed by atoms with van der Waals surface area (Å²) < 4.78 is 0. The van der Waals surface area contributed by atoms with Gasteiger partial charge in [0.1, 0.15) is 6.04 Å². The van der Waals surface area contributed by atoms with Crippen LogP contribution < -0.4 is 16.0 Å². The summed E-state index contributed by atoms with van der Waals surface area (Å²) in [4.78, 5) is 27.2. The maximum atomic E-state index is 13.5. The van der Waals surface area contributed by atoms with Crippen molar-refractivity contribution in [2.45, 2.75) is 24.9 Å². The number of hydrogen-bond donors (Lipinski definition) is 2. The van der Waals surface area contributed by atoms with Crippen LogP contribution in [-0.2, 0) is 4.79 Å². The van der Waals surface area contributed by atoms with Crippen molar-refractivity contribution in [3.63, 3.8) is 0 Å². The van der Waals surface area contributed by atoms with Gasteiger partial charge in [0.2, 0.25) is 5.91 Å². The molecule has 7 nitrogen and oxygen atoms in total. The Balaban J connectivity index is 1.56. The Morgan fingerprint density at radius 2 is 1.67 bits per heavy atom. The number of carbonyl (C=O) groups is 2. The molecule has 170 valence electrons. The number of anilines is 1. The number of halogens is 1. The van der Waals surface area contributed by atoms with Crippen molar-refractivity contribution >= 4 is 34.9 Å². The molecular formula is C25H26ClN5O2. The minimum Gasteiger partial charge on any atom is -0.351 e. The lowest BCUT2D eigenvalue weighted by molar-refractivity contribution is -0.122. The summed E-state index contributed by atoms with van der Waals surface area (Å²) in [6.45, 7) is 1.94. The maximum Gasteiger partial charge on any atom is 0.320 e. The Morgan fingerprint density at radius 1 is 1.03 bits per heavy atom. The molecule has 2 aromatic carbocycles. The number of primary amides is 1. The van der Waals surface area contributed by atoms with E-state index in [1.54, 1.807) is 36.4 Å². The molecule has 1 aliphatic carbocycles. The highest BCUT2D eigenvalue weighted by molar-refractivity contribution is 6.30. The summed E-state index contributed by atoms with van der Waals surface area (Å²) in [7, 11) is 0. The SMILES string of the molecule is NC(=O)N(c1ccc(Cl)cc1)C(C(=O)NC1C=CC(=NN2CCCC2)C=C1)c1ccccc1. The van der Waals surface area contributed by atoms with E-state index >= 15 is 0 Å². The molecule has 3 N–H and O–H groups in total. The van der Waals surface area contributed by atoms with Gasteiger partial charge >= 0.3 is 6.03 Å². The summed E-state index contributed by atoms with van der Waals surface area (Å²) in [5, 5.41) is 10.2. The van der Waals surface area contributed by atoms with Gasteiger partial charge in [-0.15, -0.1) is 0 Å². The third-order valence-corrected chi connectivity index (χ3v) is 5.81. The average Bonchev–Trinajstić information content (AvgIpc) is 3.33. The molecule has 1 atom stereocenters. The lowest BCUT2D eigenvalue weighted by Crippen LogP contribution is -2.48. The van der Waals surface area contributed by atoms with E-state index in [4.69, 9.17) is 17.3 Å². The summed E-state index contributed by atoms with van der Waals surface area (Å²) >= 11 is 6.01. The number of benzene rings is 2. The van der Waals surface area contributed by atoms with E-state index in [-0.39, 0.29) is 11.9 Å². The maximum absolute atomic E-state index is 13.5. The molecule has 2 aromatic rings. The topological polar surface area (TPSA) is 91.0 Å². The number of nitrogens with zero attached hydrogens (tertiary/aromatic N) is 3. The second-order valence-corrected chi connectivity index (χ2v) is 8.37. The number of amides is 3. The summed E-state index contributed by atoms with van der Waals surface area (Å²) in [5.41, 5.74) is 7.71. The molecule has 0 radical (unpaired) electrons. The zero-order valence-electron chi connectivity index (χ0n) is 18.1. The number of urea groups is 1. The molecule has 1 saturated heterocycles. The van der Waals surface area contributed by atoms with Gasteiger partial charge in [0.05, 0.1) is 11.8 Å². The second-order valence-electron chi connectivity index (χ2n) is 7.94. The van der Waals surface area contributed by atoms with Gasteiger partial charge in [-0.2, -0.15) is 5.10 Å². The Morgan fingerprint density at radius 3 is 2.27 bits per heavy atom. The molecule has 2 aliphatic rings. The first kappa shape index (κ1) is 22.6. The zero-order chi connectivity index (χ0) is 23.2. The van der Waals surface area contributed by atoms with Crippen molar-refractivity contribution in [3.8, 4) is 0 Å². The van der Waals surface area contributed by atoms with Crippen LogP contribution >= 0.6 is 11.6 Å². The molecule has 0 spiro atoms. The standard InChI is InChI=1S/C25H26ClN5O2/c26-19-8-14-22(15-9-19)31(25(27)33)23(18-6-2-1-3-7-18)24(32)28-20-10-12-21(13-11-20)29-30-16-4-5-17-30/h1-3,6-15,20,23H,4-5,16-17H2,(H2,27,33)(H,28,32). The molecular weight excluding hydrogens is 438 g/mol. The van der Waals surface area contributed by atoms with Crippen molar-refractivity contribution in [1.29, 1.82) is 0 Å². The fourth-order valence-electron chi connectivity index (χ4n) is 3.95. The van der Waals surface area contributed by atoms with Crippen molar-refractivity contribution in [2.75, 3.05) is 18.0 Å². The van der Waals surface area contributed by atoms with E-state index in [1.807, 2.05) is 42.5 Å². The van der Waals surface area contributed by atoms with Gasteiger partial charge in [-0.3, -0.25) is 14.7 Å². The molecule has 1 aliphatic heterocycles. The fraction of sp³-hybridized carbons (Fsp3) is 0.240. The summed E-state index contributed by atoms with van der Waals surface area (Å²) in [5.74, 6) is -0.353. The fourth-order valence-corrected chi connectivity index (χ4v) is 4.08. The lowest BCUT2D eigenvalue weighted by Gasteiger charge is -2.31. The van der Waals surface area contributed by atoms with E-state index < -0.39 is 12.1 Å². The number of carbonyl (C=O) groups excluding carboxylic acids is 2. The first-order valence-electron chi connectivity index (χ1n) is 10.9. The van der Waals surface area contributed by atoms with Gasteiger partial charge in [-0.1, -0.05) is 54.1 Å². The summed E-state index contributed by atoms with van der Waals surface area (Å²) in [6.07, 6.45) is 9.87. The van der Waals surface area contributed by atoms with Crippen LogP contribution in [0.5, 0.6) is 0 Å². The van der Waals surface area contributed by atoms with E-state index in [1.165, 1.54) is 4.90 Å². The smallest absolute Gasteiger partial charge is 0.320 e. The first-order valence-corrected chi connectivity index (χ1v) is 11.3. The molecule has 1 heterocycles. The van der Waals surface area contributed by atoms with Crippen LogP contribution in [-0.4, -0.2) is 41.8 Å². The highest BCUT2D eigenvalue weighted by atomic mass is 35.5. The highest BCUT2D eigenvalue weighted by Gasteiger charge is 2.32. The number of allylic oxidation sites excluding steroid dienone is 2. The van der Waals surface area contributed by atoms with Crippen LogP contribution in [0.1, 0.15) is 24.4 Å². The number of nitrogens with one attached hydrogen (secondary N) is 1. The van der Waals surface area contributed by atoms with E-state index in [9.17, 15) is 9.59 Å². The molecule has 3 amide bonds. The van der Waals surface area contributed by atoms with Crippen LogP contribution in [0, 0.1) is 0 Å². The summed E-state index contributed by atoms with van der Waals surface area (Å²) in [6, 6.07) is 13.7. The molecule has 8 heteroatoms. The Kier molecular flexibility index (Phi) is 7.10. The van der Waals surface area contributed by atoms with Crippen molar-refractivity contribution in [2.24, 2.45) is 10.8 Å². The van der Waals surface area contributed by atoms with Crippen LogP contribution in [0.2, 0.25) is 5.02 Å². The quantitative estimate of drug-likeness (QED) is 0.677. The van der Waals surface area contributed by atoms with Gasteiger partial charge in [-0.05, 0) is 54.8 Å². The number of rotatable bonds is 6. The van der Waals surface area contributed by atoms with E-state index in [0.717, 1.165) is 31.6 Å². The van der Waals surface area contributed by atoms with Crippen molar-refractivity contribution in [1.82, 2.24) is 10.3 Å². The molecule has 0 saturated carbocycles. The van der Waals surface area contributed by atoms with Crippen LogP contribution in [0.4, 0.5) is 10.5 Å². The average molecular weight is 464 g/mol. The predicted octanol–water partition coefficient (Wildman–Crippen LogP) is 4.03. The van der Waals surface area contributed by atoms with Gasteiger partial charge in [0.25, 0.3) is 0 Å². The Labute approximate surface area is 198 Å². The van der Waals surface area contributed by atoms with Gasteiger partial charge < -0.3 is 11.1 Å². The molecule has 1 unspecified atom stereocenters. The highest BCUT2D eigenvalue weighted by Crippen LogP contribution is 2.29. The molecule has 1 fully saturated rings. The Bertz CT molecular complexity index is 1060. The molecule has 33 heavy (non-hydrogen) atoms. The van der Waals surface area contributed by atoms with Crippen LogP contribution in [0.25, 0.3) is 0 Å². The third-order valence-electron chi connectivity index (χ3n) is 5.56. The van der Waals surface area contributed by atoms with Crippen molar-refractivity contribution < 1.29 is 9.59 Å². The lowest BCUT2D eigenvalue weighted by atomic mass is 10.0. The number of hydrazone groups is 1. The van der Waals surface area contributed by atoms with Crippen LogP contribution in [0.15, 0.2) is 84.0 Å². The van der Waals surface area contributed by atoms with E-state index in [2.05, 4.69) is 15.4 Å². The Hall–Kier alpha value is -3.58. The van der Waals surface area contributed by atoms with Gasteiger partial charge in [0.15, 0.2) is 0 Å². The number of hydrogen-bond acceptors (Lipinski definition) is 4. The molecule has 0 bridgehead atoms. The van der Waals surface area contributed by atoms with Gasteiger partial charge in [-0.25, -0.2) is 4.79 Å². The third kappa shape index (κ3) is 5.62. The zero-order valence-corrected chi connectivity index (χ0v) is 18.9. The second kappa shape index (κ2) is 10.4. The monoisotopic (exact) mass is 463 g/mol. The first-order chi connectivity index (χ1) is 16.0. The van der Waals surface area contributed by atoms with Gasteiger partial charge in [0, 0.05) is 23.8 Å². The number of nitrogens with two attached hydrogens (primary N) is 1. The minimum absolute atomic E-state index is 0.332. The van der Waals surface area contributed by atoms with E-state index in [0.29, 0.717) is 16.3 Å². The molecule has 4 rings (SSSR count). The minimum atomic E-state index is -0.952. The van der Waals surface area contributed by atoms with Crippen LogP contribution in [0.3, 0.4) is 0 Å². The normalized spacial score (nSPS) is 18.2.